The number of nitrogens with one attached hydrogen (secondary N) is 1. The fourth-order valence-corrected chi connectivity index (χ4v) is 4.61. The van der Waals surface area contributed by atoms with Gasteiger partial charge >= 0.3 is 0 Å². The molecule has 0 unspecified atom stereocenters. The molecule has 140 valence electrons. The Labute approximate surface area is 159 Å². The lowest BCUT2D eigenvalue weighted by Gasteiger charge is -2.26. The maximum absolute atomic E-state index is 5.69. The standard InChI is InChI=1S/C21H25N5O/c1-15-4-6-17(7-5-15)21(9-2-3-10-21)20-23-19(27-25-20)14-26-11-8-18-16(13-26)12-22-24-18/h4-7,12H,2-3,8-11,13-14H2,1H3,(H,22,24). The first kappa shape index (κ1) is 16.7. The SMILES string of the molecule is Cc1ccc(C2(c3noc(CN4CCc5[nH]ncc5C4)n3)CCCC2)cc1. The van der Waals surface area contributed by atoms with Gasteiger partial charge in [-0.15, -0.1) is 0 Å². The molecule has 1 aliphatic heterocycles. The summed E-state index contributed by atoms with van der Waals surface area (Å²) in [7, 11) is 0. The van der Waals surface area contributed by atoms with Crippen LogP contribution in [0.1, 0.15) is 59.8 Å². The summed E-state index contributed by atoms with van der Waals surface area (Å²) in [5.74, 6) is 1.58. The Hall–Kier alpha value is -2.47. The van der Waals surface area contributed by atoms with E-state index < -0.39 is 0 Å². The van der Waals surface area contributed by atoms with Crippen LogP contribution in [0.15, 0.2) is 35.0 Å². The van der Waals surface area contributed by atoms with Crippen molar-refractivity contribution in [3.8, 4) is 0 Å². The van der Waals surface area contributed by atoms with Gasteiger partial charge in [0.15, 0.2) is 5.82 Å². The van der Waals surface area contributed by atoms with Crippen LogP contribution in [0.4, 0.5) is 0 Å². The number of aromatic amines is 1. The smallest absolute Gasteiger partial charge is 0.240 e. The average Bonchev–Trinajstić information content (AvgIpc) is 3.43. The number of H-pyrrole nitrogens is 1. The monoisotopic (exact) mass is 363 g/mol. The molecule has 1 aromatic carbocycles. The van der Waals surface area contributed by atoms with Gasteiger partial charge in [-0.25, -0.2) is 0 Å². The van der Waals surface area contributed by atoms with Crippen molar-refractivity contribution in [1.82, 2.24) is 25.2 Å². The zero-order valence-electron chi connectivity index (χ0n) is 15.7. The molecule has 1 N–H and O–H groups in total. The van der Waals surface area contributed by atoms with Crippen LogP contribution in [-0.2, 0) is 24.9 Å². The van der Waals surface area contributed by atoms with E-state index in [2.05, 4.69) is 51.4 Å². The van der Waals surface area contributed by atoms with Crippen LogP contribution in [0.5, 0.6) is 0 Å². The molecule has 2 aliphatic rings. The number of rotatable bonds is 4. The Bertz CT molecular complexity index is 920. The van der Waals surface area contributed by atoms with Gasteiger partial charge in [0.25, 0.3) is 0 Å². The van der Waals surface area contributed by atoms with E-state index in [4.69, 9.17) is 9.51 Å². The van der Waals surface area contributed by atoms with E-state index in [9.17, 15) is 0 Å². The van der Waals surface area contributed by atoms with Crippen LogP contribution in [0.25, 0.3) is 0 Å². The molecule has 1 saturated carbocycles. The maximum Gasteiger partial charge on any atom is 0.240 e. The normalized spacial score (nSPS) is 19.3. The molecule has 0 spiro atoms. The van der Waals surface area contributed by atoms with Gasteiger partial charge in [-0.2, -0.15) is 10.1 Å². The minimum Gasteiger partial charge on any atom is -0.338 e. The molecule has 0 atom stereocenters. The van der Waals surface area contributed by atoms with E-state index >= 15 is 0 Å². The topological polar surface area (TPSA) is 70.8 Å². The largest absolute Gasteiger partial charge is 0.338 e. The summed E-state index contributed by atoms with van der Waals surface area (Å²) < 4.78 is 5.69. The lowest BCUT2D eigenvalue weighted by Crippen LogP contribution is -2.30. The third-order valence-electron chi connectivity index (χ3n) is 6.20. The van der Waals surface area contributed by atoms with Gasteiger partial charge in [-0.3, -0.25) is 10.00 Å². The Morgan fingerprint density at radius 1 is 1.19 bits per heavy atom. The van der Waals surface area contributed by atoms with Crippen molar-refractivity contribution in [3.05, 3.63) is 64.6 Å². The van der Waals surface area contributed by atoms with Gasteiger partial charge in [0, 0.05) is 30.8 Å². The fraction of sp³-hybridized carbons (Fsp3) is 0.476. The predicted octanol–water partition coefficient (Wildman–Crippen LogP) is 3.52. The van der Waals surface area contributed by atoms with E-state index in [1.165, 1.54) is 35.2 Å². The van der Waals surface area contributed by atoms with Crippen LogP contribution in [0, 0.1) is 6.92 Å². The first-order valence-electron chi connectivity index (χ1n) is 9.87. The first-order valence-corrected chi connectivity index (χ1v) is 9.87. The molecule has 6 heteroatoms. The van der Waals surface area contributed by atoms with Gasteiger partial charge in [0.1, 0.15) is 0 Å². The molecular weight excluding hydrogens is 338 g/mol. The Morgan fingerprint density at radius 2 is 2.00 bits per heavy atom. The van der Waals surface area contributed by atoms with Gasteiger partial charge in [-0.1, -0.05) is 47.8 Å². The number of aromatic nitrogens is 4. The summed E-state index contributed by atoms with van der Waals surface area (Å²) in [6.07, 6.45) is 7.53. The second kappa shape index (κ2) is 6.60. The van der Waals surface area contributed by atoms with Crippen LogP contribution >= 0.6 is 0 Å². The molecule has 0 radical (unpaired) electrons. The Balaban J connectivity index is 1.38. The zero-order chi connectivity index (χ0) is 18.3. The Kier molecular flexibility index (Phi) is 4.08. The highest BCUT2D eigenvalue weighted by atomic mass is 16.5. The third kappa shape index (κ3) is 2.98. The van der Waals surface area contributed by atoms with Crippen molar-refractivity contribution in [2.75, 3.05) is 6.54 Å². The van der Waals surface area contributed by atoms with Crippen LogP contribution in [0.2, 0.25) is 0 Å². The van der Waals surface area contributed by atoms with E-state index in [-0.39, 0.29) is 5.41 Å². The van der Waals surface area contributed by atoms with E-state index in [0.29, 0.717) is 6.54 Å². The maximum atomic E-state index is 5.69. The van der Waals surface area contributed by atoms with Crippen LogP contribution in [0.3, 0.4) is 0 Å². The number of fused-ring (bicyclic) bond motifs is 1. The first-order chi connectivity index (χ1) is 13.2. The van der Waals surface area contributed by atoms with Crippen molar-refractivity contribution in [2.24, 2.45) is 0 Å². The molecule has 3 heterocycles. The van der Waals surface area contributed by atoms with Crippen molar-refractivity contribution in [3.63, 3.8) is 0 Å². The lowest BCUT2D eigenvalue weighted by molar-refractivity contribution is 0.209. The average molecular weight is 363 g/mol. The molecule has 1 fully saturated rings. The molecule has 0 saturated heterocycles. The summed E-state index contributed by atoms with van der Waals surface area (Å²) in [5.41, 5.74) is 5.03. The second-order valence-electron chi connectivity index (χ2n) is 8.00. The second-order valence-corrected chi connectivity index (χ2v) is 8.00. The number of hydrogen-bond donors (Lipinski definition) is 1. The lowest BCUT2D eigenvalue weighted by atomic mass is 9.78. The third-order valence-corrected chi connectivity index (χ3v) is 6.20. The van der Waals surface area contributed by atoms with Crippen LogP contribution in [-0.4, -0.2) is 31.8 Å². The quantitative estimate of drug-likeness (QED) is 0.768. The summed E-state index contributed by atoms with van der Waals surface area (Å²) in [5, 5.41) is 11.7. The van der Waals surface area contributed by atoms with E-state index in [1.54, 1.807) is 0 Å². The van der Waals surface area contributed by atoms with Gasteiger partial charge in [-0.05, 0) is 25.3 Å². The Morgan fingerprint density at radius 3 is 2.81 bits per heavy atom. The predicted molar refractivity (Wildman–Crippen MR) is 101 cm³/mol. The molecule has 27 heavy (non-hydrogen) atoms. The highest BCUT2D eigenvalue weighted by Gasteiger charge is 2.41. The molecular formula is C21H25N5O. The fourth-order valence-electron chi connectivity index (χ4n) is 4.61. The highest BCUT2D eigenvalue weighted by Crippen LogP contribution is 2.45. The summed E-state index contributed by atoms with van der Waals surface area (Å²) in [4.78, 5) is 7.21. The van der Waals surface area contributed by atoms with Crippen molar-refractivity contribution in [1.29, 1.82) is 0 Å². The van der Waals surface area contributed by atoms with Crippen molar-refractivity contribution >= 4 is 0 Å². The van der Waals surface area contributed by atoms with Gasteiger partial charge < -0.3 is 4.52 Å². The number of hydrogen-bond acceptors (Lipinski definition) is 5. The van der Waals surface area contributed by atoms with Crippen molar-refractivity contribution in [2.45, 2.75) is 57.5 Å². The molecule has 2 aromatic heterocycles. The number of nitrogens with zero attached hydrogens (tertiary/aromatic N) is 4. The molecule has 6 nitrogen and oxygen atoms in total. The summed E-state index contributed by atoms with van der Waals surface area (Å²) in [6.45, 7) is 4.69. The zero-order valence-corrected chi connectivity index (χ0v) is 15.7. The molecule has 0 amide bonds. The molecule has 5 rings (SSSR count). The molecule has 3 aromatic rings. The van der Waals surface area contributed by atoms with Gasteiger partial charge in [0.05, 0.1) is 18.2 Å². The minimum absolute atomic E-state index is 0.0882. The molecule has 0 bridgehead atoms. The summed E-state index contributed by atoms with van der Waals surface area (Å²) >= 11 is 0. The summed E-state index contributed by atoms with van der Waals surface area (Å²) in [6, 6.07) is 8.85. The molecule has 1 aliphatic carbocycles. The minimum atomic E-state index is -0.0882. The highest BCUT2D eigenvalue weighted by molar-refractivity contribution is 5.35. The van der Waals surface area contributed by atoms with Gasteiger partial charge in [0.2, 0.25) is 5.89 Å². The van der Waals surface area contributed by atoms with Crippen LogP contribution < -0.4 is 0 Å². The van der Waals surface area contributed by atoms with E-state index in [0.717, 1.165) is 44.1 Å². The van der Waals surface area contributed by atoms with E-state index in [1.807, 2.05) is 6.20 Å². The van der Waals surface area contributed by atoms with Crippen molar-refractivity contribution < 1.29 is 4.52 Å². The number of benzene rings is 1. The number of aryl methyl sites for hydroxylation is 1.